The Morgan fingerprint density at radius 3 is 2.75 bits per heavy atom. The predicted molar refractivity (Wildman–Crippen MR) is 80.5 cm³/mol. The molecular formula is C13H12ClN3O2S. The molecule has 1 aromatic heterocycles. The van der Waals surface area contributed by atoms with Crippen LogP contribution in [0.25, 0.3) is 0 Å². The van der Waals surface area contributed by atoms with Gasteiger partial charge in [-0.2, -0.15) is 0 Å². The molecule has 0 aliphatic heterocycles. The van der Waals surface area contributed by atoms with Crippen LogP contribution < -0.4 is 10.1 Å². The van der Waals surface area contributed by atoms with Crippen LogP contribution in [-0.4, -0.2) is 29.5 Å². The second-order valence-electron chi connectivity index (χ2n) is 3.63. The number of aromatic nitrogens is 2. The maximum atomic E-state index is 11.2. The molecule has 0 aliphatic carbocycles. The van der Waals surface area contributed by atoms with Crippen LogP contribution in [0.2, 0.25) is 5.15 Å². The summed E-state index contributed by atoms with van der Waals surface area (Å²) < 4.78 is 25.9. The number of nitrogens with zero attached hydrogens (tertiary/aromatic N) is 2. The Morgan fingerprint density at radius 2 is 2.15 bits per heavy atom. The maximum absolute atomic E-state index is 11.2. The van der Waals surface area contributed by atoms with E-state index in [4.69, 9.17) is 20.5 Å². The molecule has 1 N–H and O–H groups in total. The van der Waals surface area contributed by atoms with E-state index in [1.54, 1.807) is 18.4 Å². The van der Waals surface area contributed by atoms with Crippen LogP contribution >= 0.6 is 23.4 Å². The van der Waals surface area contributed by atoms with E-state index in [-0.39, 0.29) is 22.3 Å². The lowest BCUT2D eigenvalue weighted by Crippen LogP contribution is -2.02. The summed E-state index contributed by atoms with van der Waals surface area (Å²) in [5.74, 6) is 0.477. The van der Waals surface area contributed by atoms with E-state index in [0.717, 1.165) is 0 Å². The predicted octanol–water partition coefficient (Wildman–Crippen LogP) is 3.42. The molecule has 0 amide bonds. The topological polar surface area (TPSA) is 64.1 Å². The number of nitrogens with one attached hydrogen (secondary N) is 1. The third-order valence-electron chi connectivity index (χ3n) is 2.41. The zero-order valence-corrected chi connectivity index (χ0v) is 12.0. The highest BCUT2D eigenvalue weighted by atomic mass is 35.5. The first-order valence-electron chi connectivity index (χ1n) is 6.95. The van der Waals surface area contributed by atoms with Crippen molar-refractivity contribution in [2.24, 2.45) is 0 Å². The highest BCUT2D eigenvalue weighted by Gasteiger charge is 2.12. The van der Waals surface area contributed by atoms with E-state index in [1.165, 1.54) is 23.9 Å². The average molecular weight is 313 g/mol. The molecule has 0 radical (unpaired) electrons. The Morgan fingerprint density at radius 1 is 1.40 bits per heavy atom. The summed E-state index contributed by atoms with van der Waals surface area (Å²) in [7, 11) is -2.51. The normalized spacial score (nSPS) is 13.0. The Balaban J connectivity index is 2.25. The fourth-order valence-corrected chi connectivity index (χ4v) is 2.09. The quantitative estimate of drug-likeness (QED) is 0.395. The van der Waals surface area contributed by atoms with Crippen LogP contribution in [0.15, 0.2) is 29.4 Å². The summed E-state index contributed by atoms with van der Waals surface area (Å²) in [6.45, 7) is 0. The molecule has 104 valence electrons. The monoisotopic (exact) mass is 312 g/mol. The number of aldehydes is 1. The van der Waals surface area contributed by atoms with Gasteiger partial charge in [0.05, 0.1) is 16.7 Å². The zero-order chi connectivity index (χ0) is 17.0. The van der Waals surface area contributed by atoms with Crippen LogP contribution in [0.4, 0.5) is 11.5 Å². The van der Waals surface area contributed by atoms with Crippen molar-refractivity contribution in [1.29, 1.82) is 0 Å². The van der Waals surface area contributed by atoms with Crippen LogP contribution in [-0.2, 0) is 0 Å². The van der Waals surface area contributed by atoms with E-state index in [2.05, 4.69) is 15.3 Å². The smallest absolute Gasteiger partial charge is 0.190 e. The lowest BCUT2D eigenvalue weighted by atomic mass is 10.3. The second-order valence-corrected chi connectivity index (χ2v) is 4.76. The van der Waals surface area contributed by atoms with Crippen molar-refractivity contribution in [1.82, 2.24) is 9.97 Å². The van der Waals surface area contributed by atoms with Gasteiger partial charge in [0.1, 0.15) is 16.7 Å². The van der Waals surface area contributed by atoms with Gasteiger partial charge in [-0.25, -0.2) is 9.97 Å². The summed E-state index contributed by atoms with van der Waals surface area (Å²) in [5, 5.41) is 3.43. The first-order chi connectivity index (χ1) is 10.8. The van der Waals surface area contributed by atoms with Gasteiger partial charge in [-0.05, 0) is 30.5 Å². The molecule has 2 aromatic rings. The number of benzene rings is 1. The lowest BCUT2D eigenvalue weighted by Gasteiger charge is -2.10. The van der Waals surface area contributed by atoms with Gasteiger partial charge in [-0.3, -0.25) is 4.79 Å². The van der Waals surface area contributed by atoms with E-state index in [1.807, 2.05) is 0 Å². The van der Waals surface area contributed by atoms with Gasteiger partial charge in [0.2, 0.25) is 0 Å². The minimum Gasteiger partial charge on any atom is -0.497 e. The summed E-state index contributed by atoms with van der Waals surface area (Å²) >= 11 is 7.25. The van der Waals surface area contributed by atoms with Gasteiger partial charge in [-0.15, -0.1) is 0 Å². The fourth-order valence-electron chi connectivity index (χ4n) is 1.46. The van der Waals surface area contributed by atoms with Crippen molar-refractivity contribution in [2.45, 2.75) is 5.16 Å². The molecule has 1 aromatic carbocycles. The molecule has 0 fully saturated rings. The van der Waals surface area contributed by atoms with Crippen molar-refractivity contribution in [3.8, 4) is 5.75 Å². The summed E-state index contributed by atoms with van der Waals surface area (Å²) in [6, 6.07) is 6.19. The SMILES string of the molecule is [2H]C([2H])([2H])Oc1ccc(Nc2nc(SC)nc(Cl)c2C=O)cc1. The number of methoxy groups -OCH3 is 1. The van der Waals surface area contributed by atoms with E-state index in [0.29, 0.717) is 17.1 Å². The van der Waals surface area contributed by atoms with Crippen molar-refractivity contribution in [2.75, 3.05) is 18.6 Å². The summed E-state index contributed by atoms with van der Waals surface area (Å²) in [6.07, 6.45) is 2.36. The molecule has 0 spiro atoms. The van der Waals surface area contributed by atoms with Crippen molar-refractivity contribution < 1.29 is 13.6 Å². The van der Waals surface area contributed by atoms with Crippen LogP contribution in [0, 0.1) is 0 Å². The lowest BCUT2D eigenvalue weighted by molar-refractivity contribution is 0.112. The van der Waals surface area contributed by atoms with Crippen molar-refractivity contribution >= 4 is 41.2 Å². The molecule has 0 unspecified atom stereocenters. The maximum Gasteiger partial charge on any atom is 0.190 e. The molecule has 0 atom stereocenters. The number of hydrogen-bond acceptors (Lipinski definition) is 6. The number of rotatable bonds is 5. The molecule has 1 heterocycles. The molecule has 2 rings (SSSR count). The third kappa shape index (κ3) is 3.20. The number of thioether (sulfide) groups is 1. The van der Waals surface area contributed by atoms with Gasteiger partial charge >= 0.3 is 0 Å². The first-order valence-corrected chi connectivity index (χ1v) is 7.05. The first kappa shape index (κ1) is 10.9. The number of hydrogen-bond donors (Lipinski definition) is 1. The zero-order valence-electron chi connectivity index (χ0n) is 13.4. The standard InChI is InChI=1S/C13H12ClN3O2S/c1-19-9-5-3-8(4-6-9)15-12-10(7-18)11(14)16-13(17-12)20-2/h3-7H,1-2H3,(H,15,16,17)/i1D3. The molecule has 7 heteroatoms. The number of carbonyl (C=O) groups excluding carboxylic acids is 1. The highest BCUT2D eigenvalue weighted by Crippen LogP contribution is 2.26. The third-order valence-corrected chi connectivity index (χ3v) is 3.25. The largest absolute Gasteiger partial charge is 0.497 e. The Labute approximate surface area is 129 Å². The number of halogens is 1. The second kappa shape index (κ2) is 6.58. The van der Waals surface area contributed by atoms with Crippen LogP contribution in [0.3, 0.4) is 0 Å². The van der Waals surface area contributed by atoms with Gasteiger partial charge in [-0.1, -0.05) is 23.4 Å². The minimum atomic E-state index is -2.51. The molecule has 0 bridgehead atoms. The summed E-state index contributed by atoms with van der Waals surface area (Å²) in [4.78, 5) is 19.3. The number of anilines is 2. The molecule has 5 nitrogen and oxygen atoms in total. The van der Waals surface area contributed by atoms with Crippen molar-refractivity contribution in [3.63, 3.8) is 0 Å². The molecule has 0 saturated heterocycles. The van der Waals surface area contributed by atoms with E-state index >= 15 is 0 Å². The summed E-state index contributed by atoms with van der Waals surface area (Å²) in [5.41, 5.74) is 0.736. The number of carbonyl (C=O) groups is 1. The van der Waals surface area contributed by atoms with Gasteiger partial charge in [0.25, 0.3) is 0 Å². The van der Waals surface area contributed by atoms with Gasteiger partial charge < -0.3 is 10.1 Å². The Hall–Kier alpha value is -1.79. The Bertz CT molecular complexity index is 711. The van der Waals surface area contributed by atoms with E-state index in [9.17, 15) is 4.79 Å². The van der Waals surface area contributed by atoms with Crippen LogP contribution in [0.5, 0.6) is 5.75 Å². The number of ether oxygens (including phenoxy) is 1. The molecular weight excluding hydrogens is 298 g/mol. The average Bonchev–Trinajstić information content (AvgIpc) is 2.47. The fraction of sp³-hybridized carbons (Fsp3) is 0.154. The van der Waals surface area contributed by atoms with E-state index < -0.39 is 7.04 Å². The molecule has 20 heavy (non-hydrogen) atoms. The van der Waals surface area contributed by atoms with Crippen LogP contribution in [0.1, 0.15) is 14.5 Å². The van der Waals surface area contributed by atoms with Crippen molar-refractivity contribution in [3.05, 3.63) is 35.0 Å². The minimum absolute atomic E-state index is 0.0594. The molecule has 0 aliphatic rings. The molecule has 0 saturated carbocycles. The van der Waals surface area contributed by atoms with Gasteiger partial charge in [0, 0.05) is 5.69 Å². The Kier molecular flexibility index (Phi) is 3.60. The van der Waals surface area contributed by atoms with Gasteiger partial charge in [0.15, 0.2) is 11.4 Å². The highest BCUT2D eigenvalue weighted by molar-refractivity contribution is 7.98.